The first kappa shape index (κ1) is 22.0. The fraction of sp³-hybridized carbons (Fsp3) is 0.526. The Labute approximate surface area is 159 Å². The molecule has 0 spiro atoms. The molecule has 0 saturated carbocycles. The van der Waals surface area contributed by atoms with Crippen molar-refractivity contribution in [3.8, 4) is 0 Å². The second kappa shape index (κ2) is 10.9. The molecule has 1 N–H and O–H groups in total. The average Bonchev–Trinajstić information content (AvgIpc) is 2.62. The van der Waals surface area contributed by atoms with Crippen molar-refractivity contribution in [2.24, 2.45) is 5.92 Å². The highest BCUT2D eigenvalue weighted by Crippen LogP contribution is 2.23. The first-order valence-corrected chi connectivity index (χ1v) is 9.49. The number of aryl methyl sites for hydroxylation is 2. The van der Waals surface area contributed by atoms with Crippen LogP contribution >= 0.6 is 11.8 Å². The minimum absolute atomic E-state index is 0.0813. The van der Waals surface area contributed by atoms with E-state index in [-0.39, 0.29) is 11.7 Å². The van der Waals surface area contributed by atoms with Gasteiger partial charge in [0.15, 0.2) is 6.61 Å². The van der Waals surface area contributed by atoms with E-state index in [9.17, 15) is 14.4 Å². The average molecular weight is 381 g/mol. The third-order valence-electron chi connectivity index (χ3n) is 4.02. The summed E-state index contributed by atoms with van der Waals surface area (Å²) in [6, 6.07) is 5.24. The van der Waals surface area contributed by atoms with Gasteiger partial charge in [-0.05, 0) is 31.4 Å². The lowest BCUT2D eigenvalue weighted by Crippen LogP contribution is -2.47. The van der Waals surface area contributed by atoms with Crippen molar-refractivity contribution in [3.05, 3.63) is 29.3 Å². The quantitative estimate of drug-likeness (QED) is 0.523. The number of nitrogens with one attached hydrogen (secondary N) is 1. The number of rotatable bonds is 9. The van der Waals surface area contributed by atoms with Gasteiger partial charge in [-0.15, -0.1) is 11.8 Å². The zero-order valence-electron chi connectivity index (χ0n) is 16.0. The minimum atomic E-state index is -0.749. The molecular formula is C19H27NO5S. The van der Waals surface area contributed by atoms with E-state index in [0.29, 0.717) is 6.42 Å². The molecule has 0 saturated heterocycles. The highest BCUT2D eigenvalue weighted by atomic mass is 32.2. The summed E-state index contributed by atoms with van der Waals surface area (Å²) in [6.07, 6.45) is 0.701. The molecule has 144 valence electrons. The number of esters is 2. The van der Waals surface area contributed by atoms with Crippen molar-refractivity contribution in [1.29, 1.82) is 0 Å². The highest BCUT2D eigenvalue weighted by molar-refractivity contribution is 8.00. The largest absolute Gasteiger partial charge is 0.467 e. The smallest absolute Gasteiger partial charge is 0.328 e. The standard InChI is InChI=1S/C19H27NO5S/c1-6-13(3)18(19(23)24-5)20-16(21)10-25-17(22)11-26-15-8-7-12(2)9-14(15)4/h7-9,13,18H,6,10-11H2,1-5H3,(H,20,21). The molecule has 2 atom stereocenters. The SMILES string of the molecule is CCC(C)C(NC(=O)COC(=O)CSc1ccc(C)cc1C)C(=O)OC. The Morgan fingerprint density at radius 3 is 2.50 bits per heavy atom. The number of ether oxygens (including phenoxy) is 2. The van der Waals surface area contributed by atoms with E-state index in [0.717, 1.165) is 16.0 Å². The molecule has 7 heteroatoms. The van der Waals surface area contributed by atoms with Crippen LogP contribution in [0.15, 0.2) is 23.1 Å². The molecular weight excluding hydrogens is 354 g/mol. The number of carbonyl (C=O) groups excluding carboxylic acids is 3. The number of hydrogen-bond donors (Lipinski definition) is 1. The topological polar surface area (TPSA) is 81.7 Å². The van der Waals surface area contributed by atoms with Gasteiger partial charge in [0.05, 0.1) is 12.9 Å². The van der Waals surface area contributed by atoms with Gasteiger partial charge in [-0.25, -0.2) is 4.79 Å². The van der Waals surface area contributed by atoms with E-state index in [4.69, 9.17) is 9.47 Å². The van der Waals surface area contributed by atoms with Crippen LogP contribution in [0, 0.1) is 19.8 Å². The van der Waals surface area contributed by atoms with Crippen molar-refractivity contribution >= 4 is 29.6 Å². The summed E-state index contributed by atoms with van der Waals surface area (Å²) < 4.78 is 9.70. The third-order valence-corrected chi connectivity index (χ3v) is 5.17. The molecule has 0 radical (unpaired) electrons. The van der Waals surface area contributed by atoms with E-state index in [1.54, 1.807) is 0 Å². The zero-order chi connectivity index (χ0) is 19.7. The van der Waals surface area contributed by atoms with Gasteiger partial charge in [0, 0.05) is 4.90 Å². The van der Waals surface area contributed by atoms with Crippen LogP contribution in [0.1, 0.15) is 31.4 Å². The second-order valence-electron chi connectivity index (χ2n) is 6.17. The Hall–Kier alpha value is -2.02. The van der Waals surface area contributed by atoms with Crippen LogP contribution in [0.3, 0.4) is 0 Å². The second-order valence-corrected chi connectivity index (χ2v) is 7.19. The van der Waals surface area contributed by atoms with Crippen molar-refractivity contribution in [3.63, 3.8) is 0 Å². The normalized spacial score (nSPS) is 12.8. The Bertz CT molecular complexity index is 647. The summed E-state index contributed by atoms with van der Waals surface area (Å²) in [6.45, 7) is 7.33. The number of benzene rings is 1. The molecule has 1 amide bonds. The molecule has 1 aromatic rings. The highest BCUT2D eigenvalue weighted by Gasteiger charge is 2.26. The molecule has 0 aromatic heterocycles. The summed E-state index contributed by atoms with van der Waals surface area (Å²) in [5, 5.41) is 2.57. The van der Waals surface area contributed by atoms with Crippen molar-refractivity contribution in [2.75, 3.05) is 19.5 Å². The summed E-state index contributed by atoms with van der Waals surface area (Å²) in [7, 11) is 1.27. The molecule has 0 aliphatic rings. The monoisotopic (exact) mass is 381 g/mol. The minimum Gasteiger partial charge on any atom is -0.467 e. The Balaban J connectivity index is 2.45. The predicted molar refractivity (Wildman–Crippen MR) is 101 cm³/mol. The molecule has 1 aromatic carbocycles. The molecule has 2 unspecified atom stereocenters. The van der Waals surface area contributed by atoms with Crippen LogP contribution in [0.25, 0.3) is 0 Å². The number of hydrogen-bond acceptors (Lipinski definition) is 6. The number of methoxy groups -OCH3 is 1. The fourth-order valence-corrected chi connectivity index (χ4v) is 3.10. The maximum absolute atomic E-state index is 12.0. The van der Waals surface area contributed by atoms with Gasteiger partial charge >= 0.3 is 11.9 Å². The predicted octanol–water partition coefficient (Wildman–Crippen LogP) is 2.64. The maximum Gasteiger partial charge on any atom is 0.328 e. The van der Waals surface area contributed by atoms with Gasteiger partial charge in [-0.3, -0.25) is 9.59 Å². The lowest BCUT2D eigenvalue weighted by Gasteiger charge is -2.21. The Kier molecular flexibility index (Phi) is 9.19. The summed E-state index contributed by atoms with van der Waals surface area (Å²) in [5.41, 5.74) is 2.25. The molecule has 0 bridgehead atoms. The molecule has 0 aliphatic carbocycles. The lowest BCUT2D eigenvalue weighted by molar-refractivity contribution is -0.149. The van der Waals surface area contributed by atoms with Gasteiger partial charge in [-0.1, -0.05) is 38.0 Å². The van der Waals surface area contributed by atoms with Crippen molar-refractivity contribution in [1.82, 2.24) is 5.32 Å². The van der Waals surface area contributed by atoms with Crippen LogP contribution in [-0.4, -0.2) is 43.4 Å². The maximum atomic E-state index is 12.0. The first-order chi connectivity index (χ1) is 12.3. The Morgan fingerprint density at radius 1 is 1.23 bits per heavy atom. The summed E-state index contributed by atoms with van der Waals surface area (Å²) in [4.78, 5) is 36.6. The molecule has 0 aliphatic heterocycles. The third kappa shape index (κ3) is 7.07. The van der Waals surface area contributed by atoms with E-state index >= 15 is 0 Å². The first-order valence-electron chi connectivity index (χ1n) is 8.51. The van der Waals surface area contributed by atoms with Crippen molar-refractivity contribution < 1.29 is 23.9 Å². The van der Waals surface area contributed by atoms with E-state index in [1.165, 1.54) is 18.9 Å². The molecule has 1 rings (SSSR count). The van der Waals surface area contributed by atoms with Crippen LogP contribution in [0.2, 0.25) is 0 Å². The van der Waals surface area contributed by atoms with Crippen LogP contribution in [-0.2, 0) is 23.9 Å². The van der Waals surface area contributed by atoms with E-state index < -0.39 is 30.5 Å². The molecule has 0 fully saturated rings. The van der Waals surface area contributed by atoms with E-state index in [2.05, 4.69) is 5.32 Å². The summed E-state index contributed by atoms with van der Waals surface area (Å²) in [5.74, 6) is -1.48. The molecule has 26 heavy (non-hydrogen) atoms. The van der Waals surface area contributed by atoms with Crippen LogP contribution < -0.4 is 5.32 Å². The number of amides is 1. The Morgan fingerprint density at radius 2 is 1.92 bits per heavy atom. The van der Waals surface area contributed by atoms with Crippen molar-refractivity contribution in [2.45, 2.75) is 45.1 Å². The lowest BCUT2D eigenvalue weighted by atomic mass is 9.99. The number of thioether (sulfide) groups is 1. The number of carbonyl (C=O) groups is 3. The van der Waals surface area contributed by atoms with E-state index in [1.807, 2.05) is 45.9 Å². The van der Waals surface area contributed by atoms with Gasteiger partial charge in [-0.2, -0.15) is 0 Å². The molecule has 6 nitrogen and oxygen atoms in total. The van der Waals surface area contributed by atoms with Gasteiger partial charge in [0.1, 0.15) is 6.04 Å². The molecule has 0 heterocycles. The fourth-order valence-electron chi connectivity index (χ4n) is 2.30. The van der Waals surface area contributed by atoms with Gasteiger partial charge < -0.3 is 14.8 Å². The van der Waals surface area contributed by atoms with Crippen LogP contribution in [0.4, 0.5) is 0 Å². The van der Waals surface area contributed by atoms with Gasteiger partial charge in [0.25, 0.3) is 5.91 Å². The van der Waals surface area contributed by atoms with Crippen LogP contribution in [0.5, 0.6) is 0 Å². The summed E-state index contributed by atoms with van der Waals surface area (Å²) >= 11 is 1.37. The zero-order valence-corrected chi connectivity index (χ0v) is 16.8. The van der Waals surface area contributed by atoms with Gasteiger partial charge in [0.2, 0.25) is 0 Å².